The summed E-state index contributed by atoms with van der Waals surface area (Å²) in [6.07, 6.45) is 0. The monoisotopic (exact) mass is 439 g/mol. The summed E-state index contributed by atoms with van der Waals surface area (Å²) in [7, 11) is 0. The minimum atomic E-state index is -0.719. The highest BCUT2D eigenvalue weighted by atomic mass is 35.5. The molecule has 3 aromatic rings. The van der Waals surface area contributed by atoms with Crippen molar-refractivity contribution in [3.05, 3.63) is 59.2 Å². The Morgan fingerprint density at radius 3 is 2.34 bits per heavy atom. The van der Waals surface area contributed by atoms with Gasteiger partial charge in [0.15, 0.2) is 10.9 Å². The molecule has 1 aromatic heterocycles. The number of anilines is 1. The highest BCUT2D eigenvalue weighted by Gasteiger charge is 2.23. The fourth-order valence-electron chi connectivity index (χ4n) is 2.98. The van der Waals surface area contributed by atoms with Crippen LogP contribution in [0, 0.1) is 18.6 Å². The van der Waals surface area contributed by atoms with E-state index in [0.29, 0.717) is 28.5 Å². The number of carbonyl (C=O) groups is 1. The topological polar surface area (TPSA) is 36.4 Å². The lowest BCUT2D eigenvalue weighted by Crippen LogP contribution is -2.38. The van der Waals surface area contributed by atoms with E-state index >= 15 is 0 Å². The van der Waals surface area contributed by atoms with E-state index in [9.17, 15) is 13.6 Å². The van der Waals surface area contributed by atoms with Crippen LogP contribution >= 0.6 is 23.7 Å². The Kier molecular flexibility index (Phi) is 8.07. The number of aryl methyl sites for hydroxylation is 1. The standard InChI is InChI=1S/C21H23F2N3OS.ClH/c1-4-25(5-2)10-11-26(20(27)15-8-6-14(3)7-9-15)21-24-19-17(23)12-16(22)13-18(19)28-21;/h6-9,12-13H,4-5,10-11H2,1-3H3;1H. The molecule has 0 atom stereocenters. The van der Waals surface area contributed by atoms with Gasteiger partial charge in [-0.2, -0.15) is 0 Å². The van der Waals surface area contributed by atoms with Gasteiger partial charge in [-0.25, -0.2) is 13.8 Å². The van der Waals surface area contributed by atoms with Gasteiger partial charge in [0.2, 0.25) is 0 Å². The Balaban J connectivity index is 0.00000300. The van der Waals surface area contributed by atoms with E-state index < -0.39 is 11.6 Å². The first-order valence-corrected chi connectivity index (χ1v) is 10.1. The SMILES string of the molecule is CCN(CC)CCN(C(=O)c1ccc(C)cc1)c1nc2c(F)cc(F)cc2s1.Cl. The lowest BCUT2D eigenvalue weighted by atomic mass is 10.1. The molecule has 0 unspecified atom stereocenters. The van der Waals surface area contributed by atoms with Gasteiger partial charge < -0.3 is 4.90 Å². The lowest BCUT2D eigenvalue weighted by molar-refractivity contribution is 0.0983. The number of fused-ring (bicyclic) bond motifs is 1. The molecule has 29 heavy (non-hydrogen) atoms. The average molecular weight is 440 g/mol. The molecule has 0 fully saturated rings. The van der Waals surface area contributed by atoms with E-state index in [4.69, 9.17) is 0 Å². The summed E-state index contributed by atoms with van der Waals surface area (Å²) in [6, 6.07) is 9.37. The molecule has 0 radical (unpaired) electrons. The predicted molar refractivity (Wildman–Crippen MR) is 117 cm³/mol. The van der Waals surface area contributed by atoms with Crippen molar-refractivity contribution in [2.45, 2.75) is 20.8 Å². The zero-order chi connectivity index (χ0) is 20.3. The van der Waals surface area contributed by atoms with Gasteiger partial charge in [0, 0.05) is 24.7 Å². The summed E-state index contributed by atoms with van der Waals surface area (Å²) in [5, 5.41) is 0.372. The van der Waals surface area contributed by atoms with Gasteiger partial charge in [-0.1, -0.05) is 42.9 Å². The third-order valence-corrected chi connectivity index (χ3v) is 5.74. The zero-order valence-corrected chi connectivity index (χ0v) is 18.2. The van der Waals surface area contributed by atoms with E-state index in [2.05, 4.69) is 23.7 Å². The van der Waals surface area contributed by atoms with Crippen molar-refractivity contribution in [3.63, 3.8) is 0 Å². The number of benzene rings is 2. The number of likely N-dealkylation sites (N-methyl/N-ethyl adjacent to an activating group) is 1. The van der Waals surface area contributed by atoms with Gasteiger partial charge in [-0.15, -0.1) is 12.4 Å². The van der Waals surface area contributed by atoms with Crippen LogP contribution in [0.3, 0.4) is 0 Å². The Hall–Kier alpha value is -2.09. The Morgan fingerprint density at radius 2 is 1.72 bits per heavy atom. The Morgan fingerprint density at radius 1 is 1.07 bits per heavy atom. The normalized spacial score (nSPS) is 11.0. The molecule has 1 heterocycles. The van der Waals surface area contributed by atoms with Crippen molar-refractivity contribution in [1.82, 2.24) is 9.88 Å². The van der Waals surface area contributed by atoms with Crippen LogP contribution in [0.2, 0.25) is 0 Å². The number of hydrogen-bond acceptors (Lipinski definition) is 4. The van der Waals surface area contributed by atoms with Crippen LogP contribution in [0.15, 0.2) is 36.4 Å². The van der Waals surface area contributed by atoms with Gasteiger partial charge in [0.05, 0.1) is 4.70 Å². The Bertz CT molecular complexity index is 974. The van der Waals surface area contributed by atoms with Crippen molar-refractivity contribution >= 4 is 45.0 Å². The van der Waals surface area contributed by atoms with Gasteiger partial charge >= 0.3 is 0 Å². The van der Waals surface area contributed by atoms with Crippen molar-refractivity contribution in [3.8, 4) is 0 Å². The minimum Gasteiger partial charge on any atom is -0.302 e. The van der Waals surface area contributed by atoms with Crippen molar-refractivity contribution in [2.75, 3.05) is 31.1 Å². The van der Waals surface area contributed by atoms with Crippen LogP contribution in [0.5, 0.6) is 0 Å². The summed E-state index contributed by atoms with van der Waals surface area (Å²) >= 11 is 1.12. The second-order valence-electron chi connectivity index (χ2n) is 6.58. The lowest BCUT2D eigenvalue weighted by Gasteiger charge is -2.24. The maximum atomic E-state index is 14.1. The molecule has 0 aliphatic heterocycles. The smallest absolute Gasteiger partial charge is 0.260 e. The molecule has 0 aliphatic rings. The number of rotatable bonds is 7. The van der Waals surface area contributed by atoms with Gasteiger partial charge in [0.25, 0.3) is 5.91 Å². The van der Waals surface area contributed by atoms with Gasteiger partial charge in [0.1, 0.15) is 11.3 Å². The summed E-state index contributed by atoms with van der Waals surface area (Å²) in [5.41, 5.74) is 1.69. The van der Waals surface area contributed by atoms with E-state index in [1.807, 2.05) is 19.1 Å². The maximum Gasteiger partial charge on any atom is 0.260 e. The van der Waals surface area contributed by atoms with Crippen LogP contribution in [-0.2, 0) is 0 Å². The van der Waals surface area contributed by atoms with Crippen molar-refractivity contribution in [1.29, 1.82) is 0 Å². The molecular weight excluding hydrogens is 416 g/mol. The fraction of sp³-hybridized carbons (Fsp3) is 0.333. The second-order valence-corrected chi connectivity index (χ2v) is 7.59. The molecular formula is C21H24ClF2N3OS. The first kappa shape index (κ1) is 23.2. The van der Waals surface area contributed by atoms with Crippen LogP contribution in [0.1, 0.15) is 29.8 Å². The summed E-state index contributed by atoms with van der Waals surface area (Å²) < 4.78 is 28.1. The van der Waals surface area contributed by atoms with Crippen molar-refractivity contribution in [2.24, 2.45) is 0 Å². The van der Waals surface area contributed by atoms with E-state index in [0.717, 1.165) is 36.1 Å². The highest BCUT2D eigenvalue weighted by Crippen LogP contribution is 2.32. The number of aromatic nitrogens is 1. The van der Waals surface area contributed by atoms with E-state index in [1.54, 1.807) is 17.0 Å². The minimum absolute atomic E-state index is 0. The number of halogens is 3. The second kappa shape index (κ2) is 10.1. The predicted octanol–water partition coefficient (Wildman–Crippen LogP) is 5.29. The molecule has 0 saturated heterocycles. The highest BCUT2D eigenvalue weighted by molar-refractivity contribution is 7.22. The molecule has 2 aromatic carbocycles. The quantitative estimate of drug-likeness (QED) is 0.501. The average Bonchev–Trinajstić information content (AvgIpc) is 3.09. The van der Waals surface area contributed by atoms with Crippen molar-refractivity contribution < 1.29 is 13.6 Å². The van der Waals surface area contributed by atoms with E-state index in [1.165, 1.54) is 6.07 Å². The fourth-order valence-corrected chi connectivity index (χ4v) is 4.01. The maximum absolute atomic E-state index is 14.1. The molecule has 8 heteroatoms. The van der Waals surface area contributed by atoms with Crippen LogP contribution in [-0.4, -0.2) is 42.0 Å². The summed E-state index contributed by atoms with van der Waals surface area (Å²) in [4.78, 5) is 21.2. The largest absolute Gasteiger partial charge is 0.302 e. The Labute approximate surface area is 179 Å². The zero-order valence-electron chi connectivity index (χ0n) is 16.6. The third-order valence-electron chi connectivity index (χ3n) is 4.71. The number of carbonyl (C=O) groups excluding carboxylic acids is 1. The van der Waals surface area contributed by atoms with E-state index in [-0.39, 0.29) is 23.8 Å². The molecule has 0 saturated carbocycles. The number of hydrogen-bond donors (Lipinski definition) is 0. The molecule has 156 valence electrons. The molecule has 0 N–H and O–H groups in total. The molecule has 1 amide bonds. The van der Waals surface area contributed by atoms with Gasteiger partial charge in [-0.3, -0.25) is 9.69 Å². The number of thiazole rings is 1. The number of nitrogens with zero attached hydrogens (tertiary/aromatic N) is 3. The molecule has 0 bridgehead atoms. The molecule has 4 nitrogen and oxygen atoms in total. The first-order valence-electron chi connectivity index (χ1n) is 9.29. The molecule has 0 spiro atoms. The molecule has 3 rings (SSSR count). The van der Waals surface area contributed by atoms with Crippen LogP contribution < -0.4 is 4.90 Å². The van der Waals surface area contributed by atoms with Crippen LogP contribution in [0.4, 0.5) is 13.9 Å². The third kappa shape index (κ3) is 5.29. The number of amides is 1. The van der Waals surface area contributed by atoms with Crippen LogP contribution in [0.25, 0.3) is 10.2 Å². The summed E-state index contributed by atoms with van der Waals surface area (Å²) in [5.74, 6) is -1.57. The van der Waals surface area contributed by atoms with Gasteiger partial charge in [-0.05, 0) is 38.2 Å². The summed E-state index contributed by atoms with van der Waals surface area (Å²) in [6.45, 7) is 8.88. The first-order chi connectivity index (χ1) is 13.4. The molecule has 0 aliphatic carbocycles.